The minimum atomic E-state index is -0.826. The van der Waals surface area contributed by atoms with Gasteiger partial charge in [-0.15, -0.1) is 10.2 Å². The highest BCUT2D eigenvalue weighted by molar-refractivity contribution is 9.10. The number of aliphatic hydroxyl groups is 1. The van der Waals surface area contributed by atoms with Crippen molar-refractivity contribution >= 4 is 49.8 Å². The molecule has 1 saturated heterocycles. The van der Waals surface area contributed by atoms with Gasteiger partial charge in [-0.2, -0.15) is 0 Å². The van der Waals surface area contributed by atoms with Crippen molar-refractivity contribution in [2.24, 2.45) is 0 Å². The van der Waals surface area contributed by atoms with Crippen LogP contribution in [0.1, 0.15) is 22.2 Å². The molecule has 0 aliphatic carbocycles. The second kappa shape index (κ2) is 8.00. The number of nitrogens with zero attached hydrogens (tertiary/aromatic N) is 3. The number of ketones is 1. The van der Waals surface area contributed by atoms with E-state index >= 15 is 0 Å². The Hall–Kier alpha value is -3.04. The quantitative estimate of drug-likeness (QED) is 0.337. The number of amides is 1. The van der Waals surface area contributed by atoms with Gasteiger partial charge >= 0.3 is 5.91 Å². The van der Waals surface area contributed by atoms with E-state index in [1.54, 1.807) is 43.3 Å². The van der Waals surface area contributed by atoms with E-state index in [9.17, 15) is 14.7 Å². The Morgan fingerprint density at radius 3 is 2.33 bits per heavy atom. The third kappa shape index (κ3) is 3.50. The van der Waals surface area contributed by atoms with Crippen molar-refractivity contribution in [2.45, 2.75) is 13.0 Å². The third-order valence-electron chi connectivity index (χ3n) is 4.72. The monoisotopic (exact) mass is 485 g/mol. The van der Waals surface area contributed by atoms with Crippen molar-refractivity contribution in [1.82, 2.24) is 10.2 Å². The van der Waals surface area contributed by atoms with Gasteiger partial charge in [-0.1, -0.05) is 39.4 Å². The predicted octanol–water partition coefficient (Wildman–Crippen LogP) is 4.24. The number of rotatable bonds is 4. The number of hydrogen-bond acceptors (Lipinski definition) is 7. The lowest BCUT2D eigenvalue weighted by Gasteiger charge is -2.22. The van der Waals surface area contributed by atoms with Gasteiger partial charge in [0.05, 0.1) is 18.7 Å². The van der Waals surface area contributed by atoms with E-state index in [1.807, 2.05) is 12.1 Å². The SMILES string of the molecule is COc1ccc(C(O)=C2C(=O)C(=O)N(c3nnc(C)s3)[C@H]2c2ccc(Br)cc2)cc1. The number of anilines is 1. The Balaban J connectivity index is 1.91. The maximum absolute atomic E-state index is 13.0. The van der Waals surface area contributed by atoms with Crippen molar-refractivity contribution in [3.8, 4) is 5.75 Å². The lowest BCUT2D eigenvalue weighted by Crippen LogP contribution is -2.29. The van der Waals surface area contributed by atoms with Gasteiger partial charge in [-0.25, -0.2) is 0 Å². The normalized spacial score (nSPS) is 18.1. The molecule has 0 spiro atoms. The third-order valence-corrected chi connectivity index (χ3v) is 6.08. The molecule has 0 saturated carbocycles. The molecular weight excluding hydrogens is 470 g/mol. The molecule has 152 valence electrons. The summed E-state index contributed by atoms with van der Waals surface area (Å²) in [5.74, 6) is -1.17. The van der Waals surface area contributed by atoms with Gasteiger partial charge in [0.15, 0.2) is 0 Å². The number of carbonyl (C=O) groups is 2. The maximum atomic E-state index is 13.0. The number of hydrogen-bond donors (Lipinski definition) is 1. The number of halogens is 1. The summed E-state index contributed by atoms with van der Waals surface area (Å²) in [6.45, 7) is 1.77. The van der Waals surface area contributed by atoms with E-state index in [-0.39, 0.29) is 11.3 Å². The lowest BCUT2D eigenvalue weighted by atomic mass is 9.95. The predicted molar refractivity (Wildman–Crippen MR) is 117 cm³/mol. The van der Waals surface area contributed by atoms with Gasteiger partial charge < -0.3 is 9.84 Å². The summed E-state index contributed by atoms with van der Waals surface area (Å²) >= 11 is 4.60. The first-order valence-corrected chi connectivity index (χ1v) is 10.5. The summed E-state index contributed by atoms with van der Waals surface area (Å²) < 4.78 is 6.00. The summed E-state index contributed by atoms with van der Waals surface area (Å²) in [5, 5.41) is 20.0. The lowest BCUT2D eigenvalue weighted by molar-refractivity contribution is -0.132. The van der Waals surface area contributed by atoms with Crippen LogP contribution in [-0.2, 0) is 9.59 Å². The number of Topliss-reactive ketones (excluding diaryl/α,β-unsaturated/α-hetero) is 1. The van der Waals surface area contributed by atoms with Crippen LogP contribution in [0.2, 0.25) is 0 Å². The van der Waals surface area contributed by atoms with Crippen LogP contribution in [0.3, 0.4) is 0 Å². The number of ether oxygens (including phenoxy) is 1. The fourth-order valence-corrected chi connectivity index (χ4v) is 4.26. The number of aryl methyl sites for hydroxylation is 1. The Labute approximate surface area is 184 Å². The zero-order valence-corrected chi connectivity index (χ0v) is 18.4. The molecule has 1 amide bonds. The average Bonchev–Trinajstić information content (AvgIpc) is 3.29. The molecule has 9 heteroatoms. The van der Waals surface area contributed by atoms with Crippen molar-refractivity contribution in [2.75, 3.05) is 12.0 Å². The molecule has 0 radical (unpaired) electrons. The van der Waals surface area contributed by atoms with Gasteiger partial charge in [0.25, 0.3) is 5.78 Å². The van der Waals surface area contributed by atoms with Gasteiger partial charge in [-0.05, 0) is 48.9 Å². The van der Waals surface area contributed by atoms with E-state index in [2.05, 4.69) is 26.1 Å². The molecule has 3 aromatic rings. The Kier molecular flexibility index (Phi) is 5.40. The highest BCUT2D eigenvalue weighted by atomic mass is 79.9. The minimum Gasteiger partial charge on any atom is -0.507 e. The summed E-state index contributed by atoms with van der Waals surface area (Å²) in [6.07, 6.45) is 0. The molecule has 1 fully saturated rings. The van der Waals surface area contributed by atoms with Crippen LogP contribution in [0.4, 0.5) is 5.13 Å². The van der Waals surface area contributed by atoms with E-state index in [0.717, 1.165) is 4.47 Å². The molecule has 1 aromatic heterocycles. The van der Waals surface area contributed by atoms with Crippen LogP contribution < -0.4 is 9.64 Å². The Morgan fingerprint density at radius 1 is 1.10 bits per heavy atom. The van der Waals surface area contributed by atoms with Crippen LogP contribution in [0, 0.1) is 6.92 Å². The standard InChI is InChI=1S/C21H16BrN3O4S/c1-11-23-24-21(30-11)25-17(12-3-7-14(22)8-4-12)16(19(27)20(25)28)18(26)13-5-9-15(29-2)10-6-13/h3-10,17,26H,1-2H3/t17-/m0/s1. The van der Waals surface area contributed by atoms with Gasteiger partial charge in [0, 0.05) is 10.0 Å². The fraction of sp³-hybridized carbons (Fsp3) is 0.143. The largest absolute Gasteiger partial charge is 0.507 e. The molecular formula is C21H16BrN3O4S. The van der Waals surface area contributed by atoms with Gasteiger partial charge in [0.1, 0.15) is 16.5 Å². The summed E-state index contributed by atoms with van der Waals surface area (Å²) in [7, 11) is 1.54. The second-order valence-electron chi connectivity index (χ2n) is 6.55. The topological polar surface area (TPSA) is 92.6 Å². The maximum Gasteiger partial charge on any atom is 0.301 e. The van der Waals surface area contributed by atoms with E-state index in [4.69, 9.17) is 4.74 Å². The molecule has 1 aliphatic rings. The van der Waals surface area contributed by atoms with Crippen molar-refractivity contribution in [3.63, 3.8) is 0 Å². The van der Waals surface area contributed by atoms with Gasteiger partial charge in [0.2, 0.25) is 5.13 Å². The summed E-state index contributed by atoms with van der Waals surface area (Å²) in [4.78, 5) is 27.2. The zero-order valence-electron chi connectivity index (χ0n) is 16.0. The summed E-state index contributed by atoms with van der Waals surface area (Å²) in [5.41, 5.74) is 1.07. The number of carbonyl (C=O) groups excluding carboxylic acids is 2. The van der Waals surface area contributed by atoms with Crippen LogP contribution in [0.5, 0.6) is 5.75 Å². The molecule has 2 aromatic carbocycles. The van der Waals surface area contributed by atoms with E-state index in [0.29, 0.717) is 27.0 Å². The number of aromatic nitrogens is 2. The first-order valence-electron chi connectivity index (χ1n) is 8.91. The minimum absolute atomic E-state index is 0.000317. The van der Waals surface area contributed by atoms with Gasteiger partial charge in [-0.3, -0.25) is 14.5 Å². The van der Waals surface area contributed by atoms with E-state index < -0.39 is 17.7 Å². The number of methoxy groups -OCH3 is 1. The van der Waals surface area contributed by atoms with Crippen LogP contribution >= 0.6 is 27.3 Å². The molecule has 2 heterocycles. The molecule has 4 rings (SSSR count). The molecule has 7 nitrogen and oxygen atoms in total. The average molecular weight is 486 g/mol. The zero-order chi connectivity index (χ0) is 21.4. The fourth-order valence-electron chi connectivity index (χ4n) is 3.28. The first-order chi connectivity index (χ1) is 14.4. The molecule has 30 heavy (non-hydrogen) atoms. The highest BCUT2D eigenvalue weighted by Crippen LogP contribution is 2.43. The second-order valence-corrected chi connectivity index (χ2v) is 8.63. The number of benzene rings is 2. The van der Waals surface area contributed by atoms with Crippen LogP contribution in [0.15, 0.2) is 58.6 Å². The molecule has 0 unspecified atom stereocenters. The van der Waals surface area contributed by atoms with Crippen LogP contribution in [-0.4, -0.2) is 34.1 Å². The molecule has 1 aliphatic heterocycles. The van der Waals surface area contributed by atoms with Crippen LogP contribution in [0.25, 0.3) is 5.76 Å². The Morgan fingerprint density at radius 2 is 1.77 bits per heavy atom. The molecule has 1 N–H and O–H groups in total. The first kappa shape index (κ1) is 20.2. The van der Waals surface area contributed by atoms with Crippen molar-refractivity contribution in [3.05, 3.63) is 74.7 Å². The molecule has 0 bridgehead atoms. The van der Waals surface area contributed by atoms with Crippen molar-refractivity contribution in [1.29, 1.82) is 0 Å². The van der Waals surface area contributed by atoms with Crippen molar-refractivity contribution < 1.29 is 19.4 Å². The summed E-state index contributed by atoms with van der Waals surface area (Å²) in [6, 6.07) is 13.0. The Bertz CT molecular complexity index is 1160. The van der Waals surface area contributed by atoms with E-state index in [1.165, 1.54) is 23.3 Å². The number of aliphatic hydroxyl groups excluding tert-OH is 1. The smallest absolute Gasteiger partial charge is 0.301 e. The highest BCUT2D eigenvalue weighted by Gasteiger charge is 2.48. The molecule has 1 atom stereocenters.